The van der Waals surface area contributed by atoms with Gasteiger partial charge in [-0.15, -0.1) is 0 Å². The molecule has 0 fully saturated rings. The van der Waals surface area contributed by atoms with Gasteiger partial charge in [-0.2, -0.15) is 0 Å². The molecule has 5 heteroatoms. The van der Waals surface area contributed by atoms with Crippen LogP contribution in [0.3, 0.4) is 0 Å². The van der Waals surface area contributed by atoms with E-state index in [1.54, 1.807) is 30.3 Å². The van der Waals surface area contributed by atoms with Crippen molar-refractivity contribution in [3.05, 3.63) is 67.4 Å². The molecule has 0 spiro atoms. The monoisotopic (exact) mass is 368 g/mol. The molecule has 0 atom stereocenters. The molecule has 0 aliphatic carbocycles. The molecule has 1 heterocycles. The molecule has 0 saturated heterocycles. The summed E-state index contributed by atoms with van der Waals surface area (Å²) in [6.45, 7) is 0. The summed E-state index contributed by atoms with van der Waals surface area (Å²) in [6, 6.07) is 12.3. The number of hydrogen-bond acceptors (Lipinski definition) is 2. The predicted octanol–water partition coefficient (Wildman–Crippen LogP) is 5.53. The molecule has 100 valence electrons. The number of halogens is 3. The molecular weight excluding hydrogens is 363 g/mol. The van der Waals surface area contributed by atoms with Crippen molar-refractivity contribution < 1.29 is 4.42 Å². The predicted molar refractivity (Wildman–Crippen MR) is 85.6 cm³/mol. The SMILES string of the molecule is O=c1oc2ccc(Br)cc2cc1-c1ccc(Cl)c(Cl)c1. The van der Waals surface area contributed by atoms with Crippen molar-refractivity contribution in [1.29, 1.82) is 0 Å². The third kappa shape index (κ3) is 2.49. The fraction of sp³-hybridized carbons (Fsp3) is 0. The van der Waals surface area contributed by atoms with Crippen LogP contribution in [-0.4, -0.2) is 0 Å². The second-order valence-electron chi connectivity index (χ2n) is 4.26. The molecule has 2 aromatic carbocycles. The molecule has 3 rings (SSSR count). The van der Waals surface area contributed by atoms with Crippen molar-refractivity contribution in [3.63, 3.8) is 0 Å². The summed E-state index contributed by atoms with van der Waals surface area (Å²) in [7, 11) is 0. The Morgan fingerprint density at radius 3 is 2.50 bits per heavy atom. The van der Waals surface area contributed by atoms with Gasteiger partial charge in [-0.05, 0) is 42.0 Å². The Morgan fingerprint density at radius 2 is 1.75 bits per heavy atom. The Morgan fingerprint density at radius 1 is 0.950 bits per heavy atom. The Kier molecular flexibility index (Phi) is 3.59. The van der Waals surface area contributed by atoms with Crippen molar-refractivity contribution in [2.24, 2.45) is 0 Å². The van der Waals surface area contributed by atoms with E-state index in [2.05, 4.69) is 15.9 Å². The lowest BCUT2D eigenvalue weighted by Gasteiger charge is -2.04. The Labute approximate surface area is 133 Å². The van der Waals surface area contributed by atoms with E-state index >= 15 is 0 Å². The van der Waals surface area contributed by atoms with Crippen LogP contribution in [0.5, 0.6) is 0 Å². The summed E-state index contributed by atoms with van der Waals surface area (Å²) >= 11 is 15.3. The summed E-state index contributed by atoms with van der Waals surface area (Å²) in [5, 5.41) is 1.68. The van der Waals surface area contributed by atoms with E-state index in [4.69, 9.17) is 27.6 Å². The highest BCUT2D eigenvalue weighted by atomic mass is 79.9. The van der Waals surface area contributed by atoms with Crippen LogP contribution in [0, 0.1) is 0 Å². The average molecular weight is 370 g/mol. The summed E-state index contributed by atoms with van der Waals surface area (Å²) in [6.07, 6.45) is 0. The van der Waals surface area contributed by atoms with Crippen molar-refractivity contribution in [1.82, 2.24) is 0 Å². The van der Waals surface area contributed by atoms with Gasteiger partial charge in [0.15, 0.2) is 0 Å². The van der Waals surface area contributed by atoms with Crippen LogP contribution in [0.25, 0.3) is 22.1 Å². The Hall–Kier alpha value is -1.29. The van der Waals surface area contributed by atoms with Gasteiger partial charge < -0.3 is 4.42 Å². The minimum Gasteiger partial charge on any atom is -0.422 e. The average Bonchev–Trinajstić information content (AvgIpc) is 2.42. The van der Waals surface area contributed by atoms with Crippen LogP contribution in [0.2, 0.25) is 10.0 Å². The number of rotatable bonds is 1. The van der Waals surface area contributed by atoms with Gasteiger partial charge in [0.1, 0.15) is 5.58 Å². The van der Waals surface area contributed by atoms with Crippen LogP contribution < -0.4 is 5.63 Å². The van der Waals surface area contributed by atoms with Crippen molar-refractivity contribution in [3.8, 4) is 11.1 Å². The van der Waals surface area contributed by atoms with Gasteiger partial charge in [-0.3, -0.25) is 0 Å². The summed E-state index contributed by atoms with van der Waals surface area (Å²) in [5.41, 5.74) is 1.27. The van der Waals surface area contributed by atoms with Crippen molar-refractivity contribution in [2.75, 3.05) is 0 Å². The molecule has 0 amide bonds. The molecule has 0 unspecified atom stereocenters. The van der Waals surface area contributed by atoms with Gasteiger partial charge in [0.25, 0.3) is 0 Å². The van der Waals surface area contributed by atoms with E-state index in [9.17, 15) is 4.79 Å². The largest absolute Gasteiger partial charge is 0.422 e. The molecule has 0 N–H and O–H groups in total. The Bertz CT molecular complexity index is 871. The van der Waals surface area contributed by atoms with Crippen LogP contribution in [0.15, 0.2) is 56.1 Å². The zero-order valence-corrected chi connectivity index (χ0v) is 13.1. The highest BCUT2D eigenvalue weighted by Gasteiger charge is 2.09. The van der Waals surface area contributed by atoms with Crippen molar-refractivity contribution in [2.45, 2.75) is 0 Å². The molecule has 0 aliphatic rings. The lowest BCUT2D eigenvalue weighted by Crippen LogP contribution is -2.02. The second kappa shape index (κ2) is 5.24. The van der Waals surface area contributed by atoms with Gasteiger partial charge in [0.2, 0.25) is 0 Å². The van der Waals surface area contributed by atoms with Gasteiger partial charge in [0, 0.05) is 9.86 Å². The minimum atomic E-state index is -0.404. The van der Waals surface area contributed by atoms with E-state index in [0.29, 0.717) is 26.8 Å². The molecular formula is C15H7BrCl2O2. The van der Waals surface area contributed by atoms with Crippen molar-refractivity contribution >= 4 is 50.1 Å². The van der Waals surface area contributed by atoms with E-state index in [1.807, 2.05) is 12.1 Å². The van der Waals surface area contributed by atoms with Gasteiger partial charge in [-0.1, -0.05) is 45.2 Å². The van der Waals surface area contributed by atoms with E-state index in [1.165, 1.54) is 0 Å². The standard InChI is InChI=1S/C15H7BrCl2O2/c16-10-2-4-14-9(5-10)6-11(15(19)20-14)8-1-3-12(17)13(18)7-8/h1-7H. The smallest absolute Gasteiger partial charge is 0.344 e. The molecule has 0 radical (unpaired) electrons. The lowest BCUT2D eigenvalue weighted by molar-refractivity contribution is 0.563. The van der Waals surface area contributed by atoms with Gasteiger partial charge in [0.05, 0.1) is 15.6 Å². The molecule has 1 aromatic heterocycles. The number of benzene rings is 2. The zero-order chi connectivity index (χ0) is 14.3. The summed E-state index contributed by atoms with van der Waals surface area (Å²) < 4.78 is 6.24. The summed E-state index contributed by atoms with van der Waals surface area (Å²) in [5.74, 6) is 0. The van der Waals surface area contributed by atoms with Crippen LogP contribution in [0.4, 0.5) is 0 Å². The highest BCUT2D eigenvalue weighted by Crippen LogP contribution is 2.29. The van der Waals surface area contributed by atoms with Gasteiger partial charge in [-0.25, -0.2) is 4.79 Å². The van der Waals surface area contributed by atoms with E-state index in [-0.39, 0.29) is 0 Å². The first-order chi connectivity index (χ1) is 9.54. The maximum Gasteiger partial charge on any atom is 0.344 e. The molecule has 0 aliphatic heterocycles. The fourth-order valence-corrected chi connectivity index (χ4v) is 2.64. The third-order valence-electron chi connectivity index (χ3n) is 2.92. The first-order valence-electron chi connectivity index (χ1n) is 5.73. The van der Waals surface area contributed by atoms with Crippen LogP contribution >= 0.6 is 39.1 Å². The number of fused-ring (bicyclic) bond motifs is 1. The molecule has 0 saturated carbocycles. The maximum atomic E-state index is 12.1. The topological polar surface area (TPSA) is 30.2 Å². The molecule has 2 nitrogen and oxygen atoms in total. The normalized spacial score (nSPS) is 10.9. The van der Waals surface area contributed by atoms with Crippen LogP contribution in [0.1, 0.15) is 0 Å². The minimum absolute atomic E-state index is 0.401. The first-order valence-corrected chi connectivity index (χ1v) is 7.28. The van der Waals surface area contributed by atoms with E-state index in [0.717, 1.165) is 9.86 Å². The molecule has 0 bridgehead atoms. The fourth-order valence-electron chi connectivity index (χ4n) is 1.96. The molecule has 20 heavy (non-hydrogen) atoms. The molecule has 3 aromatic rings. The summed E-state index contributed by atoms with van der Waals surface area (Å²) in [4.78, 5) is 12.1. The Balaban J connectivity index is 2.27. The quantitative estimate of drug-likeness (QED) is 0.528. The van der Waals surface area contributed by atoms with E-state index < -0.39 is 5.63 Å². The zero-order valence-electron chi connectivity index (χ0n) is 9.99. The van der Waals surface area contributed by atoms with Crippen LogP contribution in [-0.2, 0) is 0 Å². The number of hydrogen-bond donors (Lipinski definition) is 0. The maximum absolute atomic E-state index is 12.1. The first kappa shape index (κ1) is 13.7. The lowest BCUT2D eigenvalue weighted by atomic mass is 10.1. The third-order valence-corrected chi connectivity index (χ3v) is 4.16. The van der Waals surface area contributed by atoms with Gasteiger partial charge >= 0.3 is 5.63 Å². The highest BCUT2D eigenvalue weighted by molar-refractivity contribution is 9.10. The second-order valence-corrected chi connectivity index (χ2v) is 5.99.